The molecule has 0 saturated heterocycles. The monoisotopic (exact) mass is 117 g/mol. The van der Waals surface area contributed by atoms with Gasteiger partial charge in [-0.2, -0.15) is 0 Å². The van der Waals surface area contributed by atoms with Crippen LogP contribution in [0.5, 0.6) is 0 Å². The normalized spacial score (nSPS) is 7.57. The van der Waals surface area contributed by atoms with Gasteiger partial charge >= 0.3 is 6.47 Å². The van der Waals surface area contributed by atoms with E-state index in [1.807, 2.05) is 0 Å². The molecule has 0 unspecified atom stereocenters. The Kier molecular flexibility index (Phi) is 3.50. The summed E-state index contributed by atoms with van der Waals surface area (Å²) in [6.07, 6.45) is 0.588. The Morgan fingerprint density at radius 2 is 2.57 bits per heavy atom. The molecule has 3 heteroatoms. The predicted octanol–water partition coefficient (Wildman–Crippen LogP) is 0.808. The molecule has 2 nitrogen and oxygen atoms in total. The third kappa shape index (κ3) is 3.39. The Balaban J connectivity index is 3.17. The second kappa shape index (κ2) is 3.74. The Morgan fingerprint density at radius 1 is 2.00 bits per heavy atom. The lowest BCUT2D eigenvalue weighted by Crippen LogP contribution is -1.95. The Morgan fingerprint density at radius 3 is 2.71 bits per heavy atom. The summed E-state index contributed by atoms with van der Waals surface area (Å²) in [5, 5.41) is 0.287. The van der Waals surface area contributed by atoms with Gasteiger partial charge in [0.2, 0.25) is 0 Å². The molecule has 7 heavy (non-hydrogen) atoms. The number of rotatable bonds is 2. The van der Waals surface area contributed by atoms with Gasteiger partial charge in [-0.05, 0) is 12.2 Å². The van der Waals surface area contributed by atoms with Crippen LogP contribution in [-0.2, 0) is 9.53 Å². The standard InChI is InChI=1S/C4H5O2S/c1-2-4(7)6-3-5/h2H2,1H3. The van der Waals surface area contributed by atoms with Crippen molar-refractivity contribution in [2.75, 3.05) is 0 Å². The van der Waals surface area contributed by atoms with Crippen LogP contribution in [0.25, 0.3) is 0 Å². The lowest BCUT2D eigenvalue weighted by Gasteiger charge is -1.88. The zero-order valence-electron chi connectivity index (χ0n) is 3.93. The highest BCUT2D eigenvalue weighted by Crippen LogP contribution is 1.82. The molecule has 0 aromatic rings. The first-order chi connectivity index (χ1) is 3.31. The Bertz CT molecular complexity index is 79.8. The summed E-state index contributed by atoms with van der Waals surface area (Å²) < 4.78 is 4.12. The molecule has 0 heterocycles. The second-order valence-corrected chi connectivity index (χ2v) is 1.37. The molecule has 0 rings (SSSR count). The molecule has 0 saturated carbocycles. The number of hydrogen-bond acceptors (Lipinski definition) is 3. The van der Waals surface area contributed by atoms with Crippen molar-refractivity contribution in [1.29, 1.82) is 0 Å². The third-order valence-corrected chi connectivity index (χ3v) is 0.816. The fourth-order valence-electron chi connectivity index (χ4n) is 0.119. The first kappa shape index (κ1) is 6.56. The zero-order chi connectivity index (χ0) is 5.70. The molecule has 0 bridgehead atoms. The summed E-state index contributed by atoms with van der Waals surface area (Å²) in [4.78, 5) is 9.34. The van der Waals surface area contributed by atoms with Crippen molar-refractivity contribution in [3.63, 3.8) is 0 Å². The van der Waals surface area contributed by atoms with Crippen LogP contribution in [0.4, 0.5) is 0 Å². The zero-order valence-corrected chi connectivity index (χ0v) is 4.75. The van der Waals surface area contributed by atoms with Crippen LogP contribution in [0.1, 0.15) is 13.3 Å². The van der Waals surface area contributed by atoms with Crippen LogP contribution in [0.15, 0.2) is 0 Å². The van der Waals surface area contributed by atoms with E-state index >= 15 is 0 Å². The van der Waals surface area contributed by atoms with Crippen molar-refractivity contribution < 1.29 is 9.53 Å². The van der Waals surface area contributed by atoms with E-state index < -0.39 is 0 Å². The van der Waals surface area contributed by atoms with Crippen molar-refractivity contribution >= 4 is 23.7 Å². The topological polar surface area (TPSA) is 26.3 Å². The maximum absolute atomic E-state index is 9.34. The van der Waals surface area contributed by atoms with Gasteiger partial charge in [-0.1, -0.05) is 6.92 Å². The van der Waals surface area contributed by atoms with Crippen LogP contribution in [-0.4, -0.2) is 11.5 Å². The van der Waals surface area contributed by atoms with E-state index in [4.69, 9.17) is 0 Å². The van der Waals surface area contributed by atoms with E-state index in [0.717, 1.165) is 0 Å². The maximum atomic E-state index is 9.34. The highest BCUT2D eigenvalue weighted by atomic mass is 32.1. The first-order valence-electron chi connectivity index (χ1n) is 1.88. The molecule has 1 radical (unpaired) electrons. The second-order valence-electron chi connectivity index (χ2n) is 0.911. The Labute approximate surface area is 47.5 Å². The van der Waals surface area contributed by atoms with E-state index in [1.165, 1.54) is 6.47 Å². The van der Waals surface area contributed by atoms with Crippen molar-refractivity contribution in [1.82, 2.24) is 0 Å². The maximum Gasteiger partial charge on any atom is 0.423 e. The van der Waals surface area contributed by atoms with Gasteiger partial charge in [-0.25, -0.2) is 4.79 Å². The van der Waals surface area contributed by atoms with Gasteiger partial charge in [0.05, 0.1) is 0 Å². The largest absolute Gasteiger partial charge is 0.423 e. The van der Waals surface area contributed by atoms with E-state index in [9.17, 15) is 4.79 Å². The molecule has 0 aromatic heterocycles. The van der Waals surface area contributed by atoms with E-state index in [2.05, 4.69) is 17.0 Å². The SMILES string of the molecule is CCC(=S)O[C]=O. The van der Waals surface area contributed by atoms with Gasteiger partial charge in [0.25, 0.3) is 0 Å². The van der Waals surface area contributed by atoms with Crippen LogP contribution >= 0.6 is 12.2 Å². The molecule has 0 amide bonds. The van der Waals surface area contributed by atoms with Gasteiger partial charge in [-0.3, -0.25) is 0 Å². The Hall–Kier alpha value is -0.440. The molecule has 0 aliphatic rings. The van der Waals surface area contributed by atoms with Crippen LogP contribution in [0, 0.1) is 0 Å². The fourth-order valence-corrected chi connectivity index (χ4v) is 0.153. The smallest absolute Gasteiger partial charge is 0.411 e. The average molecular weight is 117 g/mol. The van der Waals surface area contributed by atoms with Crippen LogP contribution < -0.4 is 0 Å². The number of carbonyl (C=O) groups excluding carboxylic acids is 1. The molecule has 0 aliphatic heterocycles. The lowest BCUT2D eigenvalue weighted by atomic mass is 10.5. The molecular formula is C4H5O2S. The minimum Gasteiger partial charge on any atom is -0.411 e. The summed E-state index contributed by atoms with van der Waals surface area (Å²) >= 11 is 4.47. The molecule has 0 spiro atoms. The molecule has 0 N–H and O–H groups in total. The van der Waals surface area contributed by atoms with Crippen LogP contribution in [0.2, 0.25) is 0 Å². The predicted molar refractivity (Wildman–Crippen MR) is 29.7 cm³/mol. The van der Waals surface area contributed by atoms with E-state index in [1.54, 1.807) is 6.92 Å². The number of thiocarbonyl (C=S) groups is 1. The van der Waals surface area contributed by atoms with Crippen molar-refractivity contribution in [3.05, 3.63) is 0 Å². The van der Waals surface area contributed by atoms with Gasteiger partial charge in [0.15, 0.2) is 5.05 Å². The summed E-state index contributed by atoms with van der Waals surface area (Å²) in [6.45, 7) is 3.03. The van der Waals surface area contributed by atoms with Gasteiger partial charge in [0, 0.05) is 6.42 Å². The first-order valence-corrected chi connectivity index (χ1v) is 2.29. The summed E-state index contributed by atoms with van der Waals surface area (Å²) in [6, 6.07) is 0. The molecule has 39 valence electrons. The van der Waals surface area contributed by atoms with Gasteiger partial charge in [0.1, 0.15) is 0 Å². The van der Waals surface area contributed by atoms with Crippen LogP contribution in [0.3, 0.4) is 0 Å². The average Bonchev–Trinajstić information content (AvgIpc) is 1.68. The van der Waals surface area contributed by atoms with Gasteiger partial charge < -0.3 is 4.74 Å². The third-order valence-electron chi connectivity index (χ3n) is 0.444. The highest BCUT2D eigenvalue weighted by molar-refractivity contribution is 7.80. The van der Waals surface area contributed by atoms with Crippen molar-refractivity contribution in [2.24, 2.45) is 0 Å². The van der Waals surface area contributed by atoms with Crippen molar-refractivity contribution in [2.45, 2.75) is 13.3 Å². The molecule has 0 aromatic carbocycles. The number of hydrogen-bond donors (Lipinski definition) is 0. The number of ether oxygens (including phenoxy) is 1. The van der Waals surface area contributed by atoms with E-state index in [-0.39, 0.29) is 5.05 Å². The fraction of sp³-hybridized carbons (Fsp3) is 0.500. The quantitative estimate of drug-likeness (QED) is 0.500. The molecule has 0 aliphatic carbocycles. The summed E-state index contributed by atoms with van der Waals surface area (Å²) in [5.41, 5.74) is 0. The highest BCUT2D eigenvalue weighted by Gasteiger charge is 1.87. The summed E-state index contributed by atoms with van der Waals surface area (Å²) in [5.74, 6) is 0. The van der Waals surface area contributed by atoms with Crippen molar-refractivity contribution in [3.8, 4) is 0 Å². The molecule has 0 atom stereocenters. The summed E-state index contributed by atoms with van der Waals surface area (Å²) in [7, 11) is 0. The minimum absolute atomic E-state index is 0.287. The molecule has 0 fully saturated rings. The lowest BCUT2D eigenvalue weighted by molar-refractivity contribution is 0.438. The van der Waals surface area contributed by atoms with E-state index in [0.29, 0.717) is 6.42 Å². The van der Waals surface area contributed by atoms with Gasteiger partial charge in [-0.15, -0.1) is 0 Å². The minimum atomic E-state index is 0.287. The molecular weight excluding hydrogens is 112 g/mol.